The number of thiocarbonyl (C=S) groups is 1. The van der Waals surface area contributed by atoms with E-state index in [0.717, 1.165) is 5.03 Å². The minimum Gasteiger partial charge on any atom is -0.423 e. The van der Waals surface area contributed by atoms with Crippen LogP contribution < -0.4 is 0 Å². The highest BCUT2D eigenvalue weighted by atomic mass is 32.2. The number of amides is 1. The molecule has 3 rings (SSSR count). The molecule has 6 heteroatoms. The zero-order valence-electron chi connectivity index (χ0n) is 11.2. The highest BCUT2D eigenvalue weighted by Gasteiger charge is 2.44. The molecule has 3 fully saturated rings. The maximum atomic E-state index is 12.3. The van der Waals surface area contributed by atoms with Gasteiger partial charge in [-0.05, 0) is 32.0 Å². The number of thioether (sulfide) groups is 1. The Morgan fingerprint density at radius 1 is 1.42 bits per heavy atom. The van der Waals surface area contributed by atoms with Gasteiger partial charge in [0.15, 0.2) is 0 Å². The van der Waals surface area contributed by atoms with E-state index < -0.39 is 0 Å². The van der Waals surface area contributed by atoms with Crippen molar-refractivity contribution in [3.8, 4) is 0 Å². The third-order valence-corrected chi connectivity index (χ3v) is 5.96. The quantitative estimate of drug-likeness (QED) is 0.548. The summed E-state index contributed by atoms with van der Waals surface area (Å²) in [5.41, 5.74) is 0. The Labute approximate surface area is 123 Å². The average molecular weight is 298 g/mol. The first-order valence-corrected chi connectivity index (χ1v) is 8.09. The van der Waals surface area contributed by atoms with Crippen molar-refractivity contribution in [2.45, 2.75) is 43.9 Å². The predicted molar refractivity (Wildman–Crippen MR) is 79.5 cm³/mol. The lowest BCUT2D eigenvalue weighted by Gasteiger charge is -2.28. The fourth-order valence-electron chi connectivity index (χ4n) is 3.05. The lowest BCUT2D eigenvalue weighted by atomic mass is 9.94. The second kappa shape index (κ2) is 4.98. The first-order valence-electron chi connectivity index (χ1n) is 6.81. The van der Waals surface area contributed by atoms with E-state index in [1.807, 2.05) is 6.92 Å². The van der Waals surface area contributed by atoms with Crippen molar-refractivity contribution in [2.24, 2.45) is 0 Å². The number of likely N-dealkylation sites (N-methyl/N-ethyl adjacent to an activating group) is 1. The Balaban J connectivity index is 1.91. The molecule has 1 saturated carbocycles. The maximum absolute atomic E-state index is 12.3. The first-order chi connectivity index (χ1) is 9.13. The summed E-state index contributed by atoms with van der Waals surface area (Å²) in [6.45, 7) is 2.47. The van der Waals surface area contributed by atoms with Gasteiger partial charge < -0.3 is 9.64 Å². The molecule has 0 spiro atoms. The zero-order valence-corrected chi connectivity index (χ0v) is 12.9. The topological polar surface area (TPSA) is 32.8 Å². The van der Waals surface area contributed by atoms with E-state index in [1.165, 1.54) is 30.6 Å². The van der Waals surface area contributed by atoms with Crippen LogP contribution in [0.3, 0.4) is 0 Å². The second-order valence-corrected chi connectivity index (χ2v) is 6.75. The van der Waals surface area contributed by atoms with Gasteiger partial charge in [0.25, 0.3) is 11.1 Å². The summed E-state index contributed by atoms with van der Waals surface area (Å²) in [6, 6.07) is 0.543. The molecule has 1 aliphatic carbocycles. The van der Waals surface area contributed by atoms with Gasteiger partial charge in [0.05, 0.1) is 0 Å². The largest absolute Gasteiger partial charge is 0.423 e. The monoisotopic (exact) mass is 298 g/mol. The molecular formula is C13H18N2O2S2. The van der Waals surface area contributed by atoms with Crippen LogP contribution in [0, 0.1) is 0 Å². The van der Waals surface area contributed by atoms with Crippen LogP contribution in [0.15, 0.2) is 10.8 Å². The summed E-state index contributed by atoms with van der Waals surface area (Å²) in [5, 5.41) is 1.86. The summed E-state index contributed by atoms with van der Waals surface area (Å²) >= 11 is 6.91. The van der Waals surface area contributed by atoms with E-state index in [4.69, 9.17) is 17.0 Å². The molecule has 2 saturated heterocycles. The molecule has 0 radical (unpaired) electrons. The molecule has 2 aliphatic heterocycles. The number of fused-ring (bicyclic) bond motifs is 1. The summed E-state index contributed by atoms with van der Waals surface area (Å²) in [7, 11) is 2.07. The SMILES string of the molecule is CCN1C(=O)/C(=C2/SC3CCCCC3N2C)OC1=S. The number of ether oxygens (including phenoxy) is 1. The van der Waals surface area contributed by atoms with Crippen molar-refractivity contribution >= 4 is 35.1 Å². The minimum absolute atomic E-state index is 0.0829. The predicted octanol–water partition coefficient (Wildman–Crippen LogP) is 2.31. The molecule has 104 valence electrons. The van der Waals surface area contributed by atoms with E-state index in [-0.39, 0.29) is 5.91 Å². The normalized spacial score (nSPS) is 34.8. The van der Waals surface area contributed by atoms with Crippen molar-refractivity contribution < 1.29 is 9.53 Å². The maximum Gasteiger partial charge on any atom is 0.299 e. The van der Waals surface area contributed by atoms with Gasteiger partial charge >= 0.3 is 0 Å². The van der Waals surface area contributed by atoms with Gasteiger partial charge in [-0.2, -0.15) is 0 Å². The molecule has 4 nitrogen and oxygen atoms in total. The van der Waals surface area contributed by atoms with Crippen LogP contribution >= 0.6 is 24.0 Å². The molecule has 0 bridgehead atoms. The van der Waals surface area contributed by atoms with Crippen LogP contribution in [0.2, 0.25) is 0 Å². The summed E-state index contributed by atoms with van der Waals surface area (Å²) in [5.74, 6) is 0.356. The van der Waals surface area contributed by atoms with Crippen molar-refractivity contribution in [1.29, 1.82) is 0 Å². The molecule has 0 aromatic rings. The molecule has 3 aliphatic rings. The third kappa shape index (κ3) is 2.05. The fraction of sp³-hybridized carbons (Fsp3) is 0.692. The summed E-state index contributed by atoms with van der Waals surface area (Å²) < 4.78 is 5.56. The molecule has 2 unspecified atom stereocenters. The summed E-state index contributed by atoms with van der Waals surface area (Å²) in [4.78, 5) is 16.0. The summed E-state index contributed by atoms with van der Waals surface area (Å²) in [6.07, 6.45) is 5.01. The lowest BCUT2D eigenvalue weighted by Crippen LogP contribution is -2.34. The van der Waals surface area contributed by atoms with Crippen molar-refractivity contribution in [1.82, 2.24) is 9.80 Å². The van der Waals surface area contributed by atoms with Gasteiger partial charge in [-0.15, -0.1) is 0 Å². The van der Waals surface area contributed by atoms with E-state index in [2.05, 4.69) is 11.9 Å². The van der Waals surface area contributed by atoms with E-state index >= 15 is 0 Å². The van der Waals surface area contributed by atoms with Gasteiger partial charge in [0.2, 0.25) is 5.76 Å². The number of carbonyl (C=O) groups is 1. The van der Waals surface area contributed by atoms with E-state index in [9.17, 15) is 4.79 Å². The first kappa shape index (κ1) is 13.2. The van der Waals surface area contributed by atoms with Crippen LogP contribution in [0.4, 0.5) is 0 Å². The third-order valence-electron chi connectivity index (χ3n) is 4.11. The Hall–Kier alpha value is -0.750. The minimum atomic E-state index is -0.0829. The van der Waals surface area contributed by atoms with Crippen molar-refractivity contribution in [2.75, 3.05) is 13.6 Å². The van der Waals surface area contributed by atoms with Crippen LogP contribution in [0.25, 0.3) is 0 Å². The standard InChI is InChI=1S/C13H18N2O2S2/c1-3-15-11(16)10(17-13(15)18)12-14(2)8-6-4-5-7-9(8)19-12/h8-9H,3-7H2,1-2H3/b12-10-. The van der Waals surface area contributed by atoms with E-state index in [0.29, 0.717) is 28.8 Å². The molecule has 2 heterocycles. The molecule has 0 aromatic heterocycles. The number of carbonyl (C=O) groups excluding carboxylic acids is 1. The Morgan fingerprint density at radius 3 is 2.79 bits per heavy atom. The van der Waals surface area contributed by atoms with Crippen LogP contribution in [-0.2, 0) is 9.53 Å². The number of nitrogens with zero attached hydrogens (tertiary/aromatic N) is 2. The molecule has 2 atom stereocenters. The lowest BCUT2D eigenvalue weighted by molar-refractivity contribution is -0.122. The van der Waals surface area contributed by atoms with Crippen LogP contribution in [0.1, 0.15) is 32.6 Å². The molecular weight excluding hydrogens is 280 g/mol. The average Bonchev–Trinajstić information content (AvgIpc) is 2.88. The van der Waals surface area contributed by atoms with Crippen LogP contribution in [-0.4, -0.2) is 45.8 Å². The van der Waals surface area contributed by atoms with Gasteiger partial charge in [0, 0.05) is 24.9 Å². The smallest absolute Gasteiger partial charge is 0.299 e. The highest BCUT2D eigenvalue weighted by Crippen LogP contribution is 2.46. The molecule has 1 amide bonds. The fourth-order valence-corrected chi connectivity index (χ4v) is 4.93. The van der Waals surface area contributed by atoms with Crippen LogP contribution in [0.5, 0.6) is 0 Å². The van der Waals surface area contributed by atoms with E-state index in [1.54, 1.807) is 11.8 Å². The molecule has 0 N–H and O–H groups in total. The second-order valence-electron chi connectivity index (χ2n) is 5.17. The van der Waals surface area contributed by atoms with Gasteiger partial charge in [-0.1, -0.05) is 24.6 Å². The van der Waals surface area contributed by atoms with Gasteiger partial charge in [-0.3, -0.25) is 9.69 Å². The number of hydrogen-bond donors (Lipinski definition) is 0. The highest BCUT2D eigenvalue weighted by molar-refractivity contribution is 8.04. The number of rotatable bonds is 1. The Kier molecular flexibility index (Phi) is 3.47. The Morgan fingerprint density at radius 2 is 2.16 bits per heavy atom. The zero-order chi connectivity index (χ0) is 13.6. The van der Waals surface area contributed by atoms with Crippen molar-refractivity contribution in [3.05, 3.63) is 10.8 Å². The Bertz CT molecular complexity index is 464. The van der Waals surface area contributed by atoms with Crippen molar-refractivity contribution in [3.63, 3.8) is 0 Å². The molecule has 19 heavy (non-hydrogen) atoms. The van der Waals surface area contributed by atoms with Gasteiger partial charge in [0.1, 0.15) is 5.03 Å². The number of hydrogen-bond acceptors (Lipinski definition) is 5. The van der Waals surface area contributed by atoms with Gasteiger partial charge in [-0.25, -0.2) is 0 Å². The molecule has 0 aromatic carbocycles.